The van der Waals surface area contributed by atoms with Crippen LogP contribution in [0.3, 0.4) is 0 Å². The number of fused-ring (bicyclic) bond motifs is 5. The van der Waals surface area contributed by atoms with E-state index in [-0.39, 0.29) is 23.3 Å². The number of anilines is 1. The molecule has 0 bridgehead atoms. The second-order valence-electron chi connectivity index (χ2n) is 15.4. The van der Waals surface area contributed by atoms with Crippen LogP contribution in [0.5, 0.6) is 5.75 Å². The molecule has 4 saturated carbocycles. The number of hydrogen-bond donors (Lipinski definition) is 0. The molecule has 0 spiro atoms. The Bertz CT molecular complexity index is 1140. The Morgan fingerprint density at radius 2 is 1.59 bits per heavy atom. The van der Waals surface area contributed by atoms with Crippen LogP contribution in [-0.2, 0) is 9.59 Å². The number of amides is 2. The maximum atomic E-state index is 12.1. The van der Waals surface area contributed by atoms with E-state index in [1.54, 1.807) is 0 Å². The summed E-state index contributed by atoms with van der Waals surface area (Å²) in [6.07, 6.45) is 19.2. The van der Waals surface area contributed by atoms with Gasteiger partial charge in [-0.2, -0.15) is 0 Å². The molecule has 0 saturated heterocycles. The molecule has 1 heterocycles. The summed E-state index contributed by atoms with van der Waals surface area (Å²) in [7, 11) is 0. The van der Waals surface area contributed by atoms with E-state index in [1.165, 1.54) is 87.7 Å². The Morgan fingerprint density at radius 1 is 0.854 bits per heavy atom. The van der Waals surface area contributed by atoms with Crippen molar-refractivity contribution in [3.63, 3.8) is 0 Å². The molecule has 4 nitrogen and oxygen atoms in total. The quantitative estimate of drug-likeness (QED) is 0.299. The molecule has 9 atom stereocenters. The van der Waals surface area contributed by atoms with Gasteiger partial charge in [0.15, 0.2) is 0 Å². The molecule has 0 N–H and O–H groups in total. The van der Waals surface area contributed by atoms with Crippen LogP contribution in [0.15, 0.2) is 36.4 Å². The summed E-state index contributed by atoms with van der Waals surface area (Å²) in [5, 5.41) is 0. The second kappa shape index (κ2) is 11.2. The van der Waals surface area contributed by atoms with E-state index in [0.717, 1.165) is 53.6 Å². The predicted octanol–water partition coefficient (Wildman–Crippen LogP) is 8.98. The molecule has 2 amide bonds. The van der Waals surface area contributed by atoms with Gasteiger partial charge < -0.3 is 4.74 Å². The molecule has 1 aromatic carbocycles. The zero-order valence-corrected chi connectivity index (χ0v) is 26.2. The molecule has 1 aromatic rings. The highest BCUT2D eigenvalue weighted by atomic mass is 16.5. The predicted molar refractivity (Wildman–Crippen MR) is 166 cm³/mol. The first kappa shape index (κ1) is 29.0. The summed E-state index contributed by atoms with van der Waals surface area (Å²) in [6, 6.07) is 7.64. The van der Waals surface area contributed by atoms with Crippen LogP contribution < -0.4 is 9.64 Å². The van der Waals surface area contributed by atoms with Gasteiger partial charge in [-0.05, 0) is 129 Å². The monoisotopic (exact) mass is 559 g/mol. The first-order chi connectivity index (χ1) is 19.6. The van der Waals surface area contributed by atoms with Gasteiger partial charge in [-0.25, -0.2) is 4.90 Å². The van der Waals surface area contributed by atoms with Gasteiger partial charge in [-0.15, -0.1) is 0 Å². The molecular weight excluding hydrogens is 506 g/mol. The summed E-state index contributed by atoms with van der Waals surface area (Å²) in [6.45, 7) is 12.6. The first-order valence-corrected chi connectivity index (χ1v) is 17.0. The minimum absolute atomic E-state index is 0.215. The molecular formula is C37H53NO3. The Hall–Kier alpha value is -2.10. The van der Waals surface area contributed by atoms with E-state index in [4.69, 9.17) is 4.74 Å². The number of nitrogens with zero attached hydrogens (tertiary/aromatic N) is 1. The average molecular weight is 560 g/mol. The fourth-order valence-corrected chi connectivity index (χ4v) is 11.0. The zero-order chi connectivity index (χ0) is 28.9. The number of carbonyl (C=O) groups is 2. The van der Waals surface area contributed by atoms with Crippen molar-refractivity contribution in [2.75, 3.05) is 4.90 Å². The van der Waals surface area contributed by atoms with Crippen LogP contribution in [0, 0.1) is 52.3 Å². The molecule has 4 heteroatoms. The minimum atomic E-state index is -0.275. The van der Waals surface area contributed by atoms with Gasteiger partial charge in [-0.3, -0.25) is 9.59 Å². The summed E-state index contributed by atoms with van der Waals surface area (Å²) in [4.78, 5) is 25.5. The molecule has 41 heavy (non-hydrogen) atoms. The Kier molecular flexibility index (Phi) is 7.92. The third kappa shape index (κ3) is 4.99. The maximum absolute atomic E-state index is 12.1. The van der Waals surface area contributed by atoms with Gasteiger partial charge in [0.2, 0.25) is 0 Å². The molecule has 5 aliphatic rings. The van der Waals surface area contributed by atoms with E-state index in [0.29, 0.717) is 11.1 Å². The van der Waals surface area contributed by atoms with Crippen LogP contribution in [-0.4, -0.2) is 17.9 Å². The topological polar surface area (TPSA) is 46.6 Å². The summed E-state index contributed by atoms with van der Waals surface area (Å²) < 4.78 is 6.90. The first-order valence-electron chi connectivity index (χ1n) is 17.0. The number of benzene rings is 1. The Morgan fingerprint density at radius 3 is 2.29 bits per heavy atom. The zero-order valence-electron chi connectivity index (χ0n) is 26.2. The van der Waals surface area contributed by atoms with Gasteiger partial charge in [-0.1, -0.05) is 53.9 Å². The van der Waals surface area contributed by atoms with E-state index in [9.17, 15) is 9.59 Å². The number of rotatable bonds is 8. The number of imide groups is 1. The van der Waals surface area contributed by atoms with Crippen molar-refractivity contribution in [1.82, 2.24) is 0 Å². The fraction of sp³-hybridized carbons (Fsp3) is 0.730. The van der Waals surface area contributed by atoms with Gasteiger partial charge in [0.1, 0.15) is 11.9 Å². The SMILES string of the molecule is CC(C)CCC[C@@H](C)[C@H]1CC[C@H]2[C@@H]3CCC4CCCC(Oc5ccc(N6C(=O)C=CC6=O)cc5)[C@]4(C)[C@H]3CC[C@]12C. The Labute approximate surface area is 248 Å². The normalized spacial score (nSPS) is 39.0. The van der Waals surface area contributed by atoms with Crippen LogP contribution in [0.4, 0.5) is 5.69 Å². The van der Waals surface area contributed by atoms with Crippen molar-refractivity contribution < 1.29 is 14.3 Å². The number of hydrogen-bond acceptors (Lipinski definition) is 3. The Balaban J connectivity index is 1.18. The molecule has 1 aliphatic heterocycles. The van der Waals surface area contributed by atoms with Crippen molar-refractivity contribution in [1.29, 1.82) is 0 Å². The molecule has 2 unspecified atom stereocenters. The average Bonchev–Trinajstić information content (AvgIpc) is 3.47. The third-order valence-corrected chi connectivity index (χ3v) is 13.1. The number of carbonyl (C=O) groups excluding carboxylic acids is 2. The minimum Gasteiger partial charge on any atom is -0.490 e. The van der Waals surface area contributed by atoms with Crippen molar-refractivity contribution in [2.45, 2.75) is 118 Å². The third-order valence-electron chi connectivity index (χ3n) is 13.1. The lowest BCUT2D eigenvalue weighted by molar-refractivity contribution is -0.157. The molecule has 6 rings (SSSR count). The fourth-order valence-electron chi connectivity index (χ4n) is 11.0. The van der Waals surface area contributed by atoms with E-state index in [2.05, 4.69) is 34.6 Å². The van der Waals surface area contributed by atoms with Gasteiger partial charge in [0.05, 0.1) is 5.69 Å². The van der Waals surface area contributed by atoms with Gasteiger partial charge in [0.25, 0.3) is 11.8 Å². The smallest absolute Gasteiger partial charge is 0.258 e. The van der Waals surface area contributed by atoms with Crippen molar-refractivity contribution in [2.24, 2.45) is 52.3 Å². The molecule has 4 aliphatic carbocycles. The van der Waals surface area contributed by atoms with Crippen LogP contribution in [0.2, 0.25) is 0 Å². The van der Waals surface area contributed by atoms with Crippen LogP contribution in [0.25, 0.3) is 0 Å². The van der Waals surface area contributed by atoms with Crippen LogP contribution >= 0.6 is 0 Å². The summed E-state index contributed by atoms with van der Waals surface area (Å²) >= 11 is 0. The molecule has 4 fully saturated rings. The van der Waals surface area contributed by atoms with E-state index < -0.39 is 0 Å². The van der Waals surface area contributed by atoms with Crippen molar-refractivity contribution in [3.05, 3.63) is 36.4 Å². The molecule has 0 radical (unpaired) electrons. The molecule has 0 aromatic heterocycles. The van der Waals surface area contributed by atoms with Gasteiger partial charge in [0, 0.05) is 17.6 Å². The summed E-state index contributed by atoms with van der Waals surface area (Å²) in [5.41, 5.74) is 1.35. The highest BCUT2D eigenvalue weighted by Gasteiger charge is 2.62. The van der Waals surface area contributed by atoms with Crippen molar-refractivity contribution >= 4 is 17.5 Å². The van der Waals surface area contributed by atoms with E-state index >= 15 is 0 Å². The highest BCUT2D eigenvalue weighted by molar-refractivity contribution is 6.28. The van der Waals surface area contributed by atoms with Crippen LogP contribution in [0.1, 0.15) is 112 Å². The maximum Gasteiger partial charge on any atom is 0.258 e. The van der Waals surface area contributed by atoms with Crippen molar-refractivity contribution in [3.8, 4) is 5.75 Å². The summed E-state index contributed by atoms with van der Waals surface area (Å²) in [5.74, 6) is 6.11. The van der Waals surface area contributed by atoms with E-state index in [1.807, 2.05) is 24.3 Å². The highest BCUT2D eigenvalue weighted by Crippen LogP contribution is 2.68. The lowest BCUT2D eigenvalue weighted by atomic mass is 9.44. The lowest BCUT2D eigenvalue weighted by Crippen LogP contribution is -2.59. The standard InChI is InChI=1S/C37H53NO3/c1-24(2)8-6-9-25(3)30-18-19-31-29-17-12-26-10-7-11-33(37(26,5)32(29)22-23-36(30,31)4)41-28-15-13-27(14-16-28)38-34(39)20-21-35(38)40/h13-16,20-21,24-26,29-33H,6-12,17-19,22-23H2,1-5H3/t25-,26?,29+,30-,31+,32+,33?,36-,37+/m1/s1. The largest absolute Gasteiger partial charge is 0.490 e. The van der Waals surface area contributed by atoms with Gasteiger partial charge >= 0.3 is 0 Å². The second-order valence-corrected chi connectivity index (χ2v) is 15.4. The lowest BCUT2D eigenvalue weighted by Gasteiger charge is -2.62. The molecule has 224 valence electrons. The number of ether oxygens (including phenoxy) is 1.